The smallest absolute Gasteiger partial charge is 0.115 e. The molecule has 0 aliphatic carbocycles. The second-order valence-electron chi connectivity index (χ2n) is 3.93. The third-order valence-corrected chi connectivity index (χ3v) is 3.42. The van der Waals surface area contributed by atoms with Crippen molar-refractivity contribution in [3.8, 4) is 0 Å². The van der Waals surface area contributed by atoms with Crippen LogP contribution in [0.4, 0.5) is 9.09 Å². The van der Waals surface area contributed by atoms with E-state index in [0.29, 0.717) is 6.54 Å². The highest BCUT2D eigenvalue weighted by molar-refractivity contribution is 5.02. The van der Waals surface area contributed by atoms with Crippen LogP contribution >= 0.6 is 0 Å². The summed E-state index contributed by atoms with van der Waals surface area (Å²) in [5.74, 6) is 0. The Kier molecular flexibility index (Phi) is 2.71. The van der Waals surface area contributed by atoms with Crippen LogP contribution in [-0.2, 0) is 0 Å². The second-order valence-corrected chi connectivity index (χ2v) is 3.93. The van der Waals surface area contributed by atoms with Crippen molar-refractivity contribution in [2.75, 3.05) is 13.1 Å². The Morgan fingerprint density at radius 3 is 2.92 bits per heavy atom. The molecule has 0 spiro atoms. The Hall–Kier alpha value is -0.180. The van der Waals surface area contributed by atoms with E-state index >= 15 is 0 Å². The monoisotopic (exact) mass is 177 g/mol. The van der Waals surface area contributed by atoms with Crippen LogP contribution in [0.15, 0.2) is 0 Å². The molecule has 2 atom stereocenters. The van der Waals surface area contributed by atoms with Gasteiger partial charge >= 0.3 is 0 Å². The minimum atomic E-state index is -0.546. The van der Waals surface area contributed by atoms with Gasteiger partial charge in [-0.05, 0) is 32.2 Å². The van der Waals surface area contributed by atoms with Gasteiger partial charge in [0.2, 0.25) is 0 Å². The molecule has 0 N–H and O–H groups in total. The number of fused-ring (bicyclic) bond motifs is 1. The first-order valence-corrected chi connectivity index (χ1v) is 4.66. The van der Waals surface area contributed by atoms with Crippen molar-refractivity contribution in [1.82, 2.24) is 4.90 Å². The molecular weight excluding hydrogens is 160 g/mol. The van der Waals surface area contributed by atoms with Crippen molar-refractivity contribution in [3.05, 3.63) is 0 Å². The number of hydrogen-bond acceptors (Lipinski definition) is 1. The average molecular weight is 177 g/mol. The van der Waals surface area contributed by atoms with Gasteiger partial charge in [-0.3, -0.25) is 9.60 Å². The quantitative estimate of drug-likeness (QED) is 0.593. The Balaban J connectivity index is 0.000000720. The van der Waals surface area contributed by atoms with Gasteiger partial charge in [0.25, 0.3) is 0 Å². The van der Waals surface area contributed by atoms with Crippen molar-refractivity contribution in [1.29, 1.82) is 0 Å². The summed E-state index contributed by atoms with van der Waals surface area (Å²) in [6.45, 7) is 4.03. The lowest BCUT2D eigenvalue weighted by molar-refractivity contribution is 0.189. The van der Waals surface area contributed by atoms with Crippen LogP contribution in [0.3, 0.4) is 0 Å². The Morgan fingerprint density at radius 1 is 1.58 bits per heavy atom. The van der Waals surface area contributed by atoms with Crippen LogP contribution in [-0.4, -0.2) is 29.7 Å². The Bertz CT molecular complexity index is 163. The minimum Gasteiger partial charge on any atom is -0.295 e. The predicted molar refractivity (Wildman–Crippen MR) is 45.8 cm³/mol. The van der Waals surface area contributed by atoms with Gasteiger partial charge in [0.05, 0.1) is 0 Å². The molecule has 0 aromatic carbocycles. The molecule has 0 unspecified atom stereocenters. The first-order valence-electron chi connectivity index (χ1n) is 4.66. The summed E-state index contributed by atoms with van der Waals surface area (Å²) >= 11 is 0. The zero-order valence-electron chi connectivity index (χ0n) is 7.55. The van der Waals surface area contributed by atoms with E-state index in [-0.39, 0.29) is 10.2 Å². The molecule has 72 valence electrons. The van der Waals surface area contributed by atoms with Gasteiger partial charge in [-0.1, -0.05) is 6.92 Å². The summed E-state index contributed by atoms with van der Waals surface area (Å²) in [5, 5.41) is 0. The van der Waals surface area contributed by atoms with Crippen LogP contribution in [0.25, 0.3) is 0 Å². The van der Waals surface area contributed by atoms with Gasteiger partial charge in [-0.2, -0.15) is 0 Å². The first-order chi connectivity index (χ1) is 5.27. The number of halogens is 2. The Morgan fingerprint density at radius 2 is 2.33 bits per heavy atom. The van der Waals surface area contributed by atoms with Crippen LogP contribution < -0.4 is 0 Å². The zero-order valence-corrected chi connectivity index (χ0v) is 7.55. The van der Waals surface area contributed by atoms with Crippen molar-refractivity contribution in [3.63, 3.8) is 0 Å². The maximum absolute atomic E-state index is 13.0. The summed E-state index contributed by atoms with van der Waals surface area (Å²) in [5.41, 5.74) is 0.277. The van der Waals surface area contributed by atoms with Crippen molar-refractivity contribution >= 4 is 0 Å². The topological polar surface area (TPSA) is 3.24 Å². The summed E-state index contributed by atoms with van der Waals surface area (Å²) in [6, 6.07) is 0. The van der Waals surface area contributed by atoms with Crippen LogP contribution in [0, 0.1) is 0 Å². The molecule has 1 nitrogen and oxygen atoms in total. The fourth-order valence-corrected chi connectivity index (χ4v) is 2.77. The molecule has 0 aromatic rings. The maximum atomic E-state index is 13.0. The summed E-state index contributed by atoms with van der Waals surface area (Å²) in [4.78, 5) is 2.36. The average Bonchev–Trinajstić information content (AvgIpc) is 2.43. The molecule has 2 saturated heterocycles. The summed E-state index contributed by atoms with van der Waals surface area (Å²) in [7, 11) is 0. The lowest BCUT2D eigenvalue weighted by Gasteiger charge is -2.29. The van der Waals surface area contributed by atoms with Gasteiger partial charge in [0.15, 0.2) is 0 Å². The highest BCUT2D eigenvalue weighted by Gasteiger charge is 2.46. The van der Waals surface area contributed by atoms with Crippen molar-refractivity contribution < 1.29 is 9.09 Å². The van der Waals surface area contributed by atoms with Gasteiger partial charge in [0.1, 0.15) is 6.17 Å². The number of hydrogen-bond donors (Lipinski definition) is 0. The molecule has 0 bridgehead atoms. The number of rotatable bonds is 1. The number of alkyl halides is 1. The third kappa shape index (κ3) is 1.24. The van der Waals surface area contributed by atoms with Crippen LogP contribution in [0.2, 0.25) is 0 Å². The summed E-state index contributed by atoms with van der Waals surface area (Å²) < 4.78 is 13.0. The molecule has 2 aliphatic rings. The maximum Gasteiger partial charge on any atom is 0.115 e. The van der Waals surface area contributed by atoms with Gasteiger partial charge in [0, 0.05) is 12.1 Å². The van der Waals surface area contributed by atoms with E-state index in [1.165, 1.54) is 12.8 Å². The molecule has 3 heteroatoms. The Labute approximate surface area is 72.3 Å². The molecule has 0 radical (unpaired) electrons. The van der Waals surface area contributed by atoms with E-state index in [0.717, 1.165) is 19.4 Å². The van der Waals surface area contributed by atoms with Crippen molar-refractivity contribution in [2.24, 2.45) is 0 Å². The largest absolute Gasteiger partial charge is 0.295 e. The zero-order chi connectivity index (χ0) is 7.90. The lowest BCUT2D eigenvalue weighted by Crippen LogP contribution is -2.37. The number of nitrogens with zero attached hydrogens (tertiary/aromatic N) is 1. The standard InChI is InChI=1S/C9H16FN.FH/c1-2-9-4-3-5-11(9)7-8(10)6-9;/h8H,2-7H2,1H3;1H/t8-,9+;/m1./s1. The predicted octanol–water partition coefficient (Wildman–Crippen LogP) is 2.13. The van der Waals surface area contributed by atoms with E-state index in [1.807, 2.05) is 0 Å². The van der Waals surface area contributed by atoms with Crippen LogP contribution in [0.1, 0.15) is 32.6 Å². The lowest BCUT2D eigenvalue weighted by atomic mass is 9.91. The van der Waals surface area contributed by atoms with E-state index in [2.05, 4.69) is 11.8 Å². The highest BCUT2D eigenvalue weighted by atomic mass is 19.1. The van der Waals surface area contributed by atoms with E-state index in [9.17, 15) is 4.39 Å². The van der Waals surface area contributed by atoms with Crippen LogP contribution in [0.5, 0.6) is 0 Å². The molecular formula is C9H17F2N. The van der Waals surface area contributed by atoms with Gasteiger partial charge < -0.3 is 0 Å². The molecule has 0 saturated carbocycles. The fraction of sp³-hybridized carbons (Fsp3) is 1.00. The van der Waals surface area contributed by atoms with E-state index < -0.39 is 6.17 Å². The van der Waals surface area contributed by atoms with Gasteiger partial charge in [-0.15, -0.1) is 0 Å². The molecule has 0 aromatic heterocycles. The molecule has 2 aliphatic heterocycles. The molecule has 2 heterocycles. The molecule has 2 rings (SSSR count). The molecule has 12 heavy (non-hydrogen) atoms. The second kappa shape index (κ2) is 3.29. The first kappa shape index (κ1) is 9.90. The van der Waals surface area contributed by atoms with Gasteiger partial charge in [-0.25, -0.2) is 4.39 Å². The third-order valence-electron chi connectivity index (χ3n) is 3.42. The highest BCUT2D eigenvalue weighted by Crippen LogP contribution is 2.41. The normalized spacial score (nSPS) is 41.0. The molecule has 0 amide bonds. The SMILES string of the molecule is CC[C@@]12CCCN1C[C@H](F)C2.F. The molecule has 2 fully saturated rings. The van der Waals surface area contributed by atoms with E-state index in [4.69, 9.17) is 0 Å². The fourth-order valence-electron chi connectivity index (χ4n) is 2.77. The summed E-state index contributed by atoms with van der Waals surface area (Å²) in [6.07, 6.45) is 3.89. The van der Waals surface area contributed by atoms with Crippen molar-refractivity contribution in [2.45, 2.75) is 44.3 Å². The van der Waals surface area contributed by atoms with E-state index in [1.54, 1.807) is 0 Å². The minimum absolute atomic E-state index is 0.